The molecule has 0 spiro atoms. The van der Waals surface area contributed by atoms with Crippen LogP contribution in [0.5, 0.6) is 0 Å². The Morgan fingerprint density at radius 3 is 2.54 bits per heavy atom. The number of pyridine rings is 1. The molecule has 0 aliphatic carbocycles. The number of fused-ring (bicyclic) bond motifs is 1. The summed E-state index contributed by atoms with van der Waals surface area (Å²) in [6.07, 6.45) is 3.21. The maximum atomic E-state index is 12.6. The van der Waals surface area contributed by atoms with E-state index in [1.807, 2.05) is 28.8 Å². The van der Waals surface area contributed by atoms with Crippen molar-refractivity contribution in [2.45, 2.75) is 53.1 Å². The Balaban J connectivity index is 1.73. The van der Waals surface area contributed by atoms with Crippen LogP contribution in [0.1, 0.15) is 49.9 Å². The minimum atomic E-state index is -0.147. The minimum absolute atomic E-state index is 0.0378. The van der Waals surface area contributed by atoms with Gasteiger partial charge in [0, 0.05) is 30.6 Å². The van der Waals surface area contributed by atoms with Crippen LogP contribution in [0.4, 0.5) is 0 Å². The largest absolute Gasteiger partial charge is 0.349 e. The molecule has 0 radical (unpaired) electrons. The van der Waals surface area contributed by atoms with E-state index in [1.165, 1.54) is 11.4 Å². The molecule has 3 heterocycles. The predicted molar refractivity (Wildman–Crippen MR) is 102 cm³/mol. The minimum Gasteiger partial charge on any atom is -0.349 e. The molecule has 6 heteroatoms. The van der Waals surface area contributed by atoms with Gasteiger partial charge in [-0.2, -0.15) is 0 Å². The number of carbonyl (C=O) groups excluding carboxylic acids is 1. The molecule has 26 heavy (non-hydrogen) atoms. The number of hydrogen-bond acceptors (Lipinski definition) is 3. The van der Waals surface area contributed by atoms with Gasteiger partial charge in [-0.15, -0.1) is 10.2 Å². The van der Waals surface area contributed by atoms with Crippen LogP contribution in [-0.4, -0.2) is 25.1 Å². The van der Waals surface area contributed by atoms with E-state index in [9.17, 15) is 4.79 Å². The first-order valence-electron chi connectivity index (χ1n) is 9.17. The second-order valence-corrected chi connectivity index (χ2v) is 7.25. The highest BCUT2D eigenvalue weighted by Gasteiger charge is 2.21. The highest BCUT2D eigenvalue weighted by atomic mass is 16.1. The van der Waals surface area contributed by atoms with Crippen molar-refractivity contribution in [1.82, 2.24) is 24.5 Å². The van der Waals surface area contributed by atoms with Crippen LogP contribution < -0.4 is 5.32 Å². The Hall–Kier alpha value is -2.63. The van der Waals surface area contributed by atoms with Crippen LogP contribution in [0.15, 0.2) is 36.5 Å². The Kier molecular flexibility index (Phi) is 5.40. The van der Waals surface area contributed by atoms with Gasteiger partial charge in [-0.05, 0) is 50.5 Å². The lowest BCUT2D eigenvalue weighted by atomic mass is 10.0. The van der Waals surface area contributed by atoms with Crippen LogP contribution in [0.3, 0.4) is 0 Å². The van der Waals surface area contributed by atoms with Gasteiger partial charge in [0.15, 0.2) is 11.5 Å². The quantitative estimate of drug-likeness (QED) is 0.708. The SMILES string of the molecule is Cc1ccc(C)n1CCC(=O)NC(CC(C)C)c1nnc2ccccn12. The molecule has 1 amide bonds. The van der Waals surface area contributed by atoms with Gasteiger partial charge >= 0.3 is 0 Å². The fourth-order valence-electron chi connectivity index (χ4n) is 3.33. The van der Waals surface area contributed by atoms with Gasteiger partial charge in [0.25, 0.3) is 0 Å². The molecule has 3 aromatic rings. The van der Waals surface area contributed by atoms with Gasteiger partial charge in [-0.3, -0.25) is 9.20 Å². The van der Waals surface area contributed by atoms with Gasteiger partial charge in [0.05, 0.1) is 6.04 Å². The van der Waals surface area contributed by atoms with E-state index in [4.69, 9.17) is 0 Å². The summed E-state index contributed by atoms with van der Waals surface area (Å²) in [7, 11) is 0. The molecule has 6 nitrogen and oxygen atoms in total. The van der Waals surface area contributed by atoms with E-state index in [-0.39, 0.29) is 11.9 Å². The van der Waals surface area contributed by atoms with Crippen LogP contribution in [0.2, 0.25) is 0 Å². The number of amides is 1. The highest BCUT2D eigenvalue weighted by Crippen LogP contribution is 2.21. The maximum Gasteiger partial charge on any atom is 0.222 e. The van der Waals surface area contributed by atoms with Crippen molar-refractivity contribution >= 4 is 11.6 Å². The van der Waals surface area contributed by atoms with Gasteiger partial charge < -0.3 is 9.88 Å². The van der Waals surface area contributed by atoms with Crippen LogP contribution >= 0.6 is 0 Å². The zero-order chi connectivity index (χ0) is 18.7. The molecule has 0 aliphatic rings. The molecule has 0 aromatic carbocycles. The summed E-state index contributed by atoms with van der Waals surface area (Å²) in [5.41, 5.74) is 3.15. The number of hydrogen-bond donors (Lipinski definition) is 1. The molecule has 0 aliphatic heterocycles. The molecule has 0 saturated heterocycles. The molecular formula is C20H27N5O. The molecule has 138 valence electrons. The summed E-state index contributed by atoms with van der Waals surface area (Å²) in [6.45, 7) is 9.11. The Morgan fingerprint density at radius 2 is 1.85 bits per heavy atom. The fraction of sp³-hybridized carbons (Fsp3) is 0.450. The average Bonchev–Trinajstić information content (AvgIpc) is 3.16. The standard InChI is InChI=1S/C20H27N5O/c1-14(2)13-17(20-23-22-18-7-5-6-11-25(18)20)21-19(26)10-12-24-15(3)8-9-16(24)4/h5-9,11,14,17H,10,12-13H2,1-4H3,(H,21,26). The summed E-state index contributed by atoms with van der Waals surface area (Å²) in [6, 6.07) is 9.82. The molecule has 3 aromatic heterocycles. The van der Waals surface area contributed by atoms with Crippen molar-refractivity contribution in [2.75, 3.05) is 0 Å². The van der Waals surface area contributed by atoms with Gasteiger partial charge in [-0.25, -0.2) is 0 Å². The van der Waals surface area contributed by atoms with Gasteiger partial charge in [0.2, 0.25) is 5.91 Å². The average molecular weight is 353 g/mol. The smallest absolute Gasteiger partial charge is 0.222 e. The Morgan fingerprint density at radius 1 is 1.12 bits per heavy atom. The number of carbonyl (C=O) groups is 1. The van der Waals surface area contributed by atoms with E-state index in [1.54, 1.807) is 0 Å². The summed E-state index contributed by atoms with van der Waals surface area (Å²) in [5, 5.41) is 11.7. The topological polar surface area (TPSA) is 64.2 Å². The zero-order valence-electron chi connectivity index (χ0n) is 15.9. The molecule has 0 bridgehead atoms. The molecule has 1 atom stereocenters. The van der Waals surface area contributed by atoms with Crippen molar-refractivity contribution < 1.29 is 4.79 Å². The highest BCUT2D eigenvalue weighted by molar-refractivity contribution is 5.76. The van der Waals surface area contributed by atoms with E-state index in [0.29, 0.717) is 18.9 Å². The third kappa shape index (κ3) is 3.95. The number of aromatic nitrogens is 4. The molecule has 0 fully saturated rings. The third-order valence-corrected chi connectivity index (χ3v) is 4.67. The first-order chi connectivity index (χ1) is 12.5. The summed E-state index contributed by atoms with van der Waals surface area (Å²) in [4.78, 5) is 12.6. The number of aryl methyl sites for hydroxylation is 2. The van der Waals surface area contributed by atoms with Crippen molar-refractivity contribution in [3.8, 4) is 0 Å². The van der Waals surface area contributed by atoms with E-state index in [0.717, 1.165) is 17.9 Å². The van der Waals surface area contributed by atoms with Gasteiger partial charge in [-0.1, -0.05) is 19.9 Å². The number of nitrogens with one attached hydrogen (secondary N) is 1. The summed E-state index contributed by atoms with van der Waals surface area (Å²) >= 11 is 0. The molecular weight excluding hydrogens is 326 g/mol. The van der Waals surface area contributed by atoms with Crippen molar-refractivity contribution in [3.63, 3.8) is 0 Å². The van der Waals surface area contributed by atoms with Crippen LogP contribution in [0.25, 0.3) is 5.65 Å². The summed E-state index contributed by atoms with van der Waals surface area (Å²) < 4.78 is 4.12. The first kappa shape index (κ1) is 18.2. The normalized spacial score (nSPS) is 12.7. The lowest BCUT2D eigenvalue weighted by Gasteiger charge is -2.19. The maximum absolute atomic E-state index is 12.6. The van der Waals surface area contributed by atoms with Crippen molar-refractivity contribution in [1.29, 1.82) is 0 Å². The van der Waals surface area contributed by atoms with E-state index < -0.39 is 0 Å². The number of rotatable bonds is 7. The number of nitrogens with zero attached hydrogens (tertiary/aromatic N) is 4. The Labute approximate surface area is 154 Å². The molecule has 0 saturated carbocycles. The fourth-order valence-corrected chi connectivity index (χ4v) is 3.33. The van der Waals surface area contributed by atoms with Crippen LogP contribution in [0, 0.1) is 19.8 Å². The lowest BCUT2D eigenvalue weighted by molar-refractivity contribution is -0.122. The molecule has 1 unspecified atom stereocenters. The zero-order valence-corrected chi connectivity index (χ0v) is 15.9. The van der Waals surface area contributed by atoms with E-state index in [2.05, 4.69) is 59.9 Å². The van der Waals surface area contributed by atoms with Crippen molar-refractivity contribution in [2.24, 2.45) is 5.92 Å². The second-order valence-electron chi connectivity index (χ2n) is 7.25. The van der Waals surface area contributed by atoms with Gasteiger partial charge in [0.1, 0.15) is 0 Å². The lowest BCUT2D eigenvalue weighted by Crippen LogP contribution is -2.31. The first-order valence-corrected chi connectivity index (χ1v) is 9.17. The van der Waals surface area contributed by atoms with Crippen molar-refractivity contribution in [3.05, 3.63) is 53.7 Å². The predicted octanol–water partition coefficient (Wildman–Crippen LogP) is 3.44. The summed E-state index contributed by atoms with van der Waals surface area (Å²) in [5.74, 6) is 1.26. The second kappa shape index (κ2) is 7.72. The molecule has 3 rings (SSSR count). The monoisotopic (exact) mass is 353 g/mol. The Bertz CT molecular complexity index is 873. The van der Waals surface area contributed by atoms with Crippen LogP contribution in [-0.2, 0) is 11.3 Å². The van der Waals surface area contributed by atoms with E-state index >= 15 is 0 Å². The third-order valence-electron chi connectivity index (χ3n) is 4.67. The molecule has 1 N–H and O–H groups in total.